The van der Waals surface area contributed by atoms with Crippen molar-refractivity contribution >= 4 is 11.4 Å². The molecule has 0 N–H and O–H groups in total. The van der Waals surface area contributed by atoms with E-state index in [0.29, 0.717) is 0 Å². The van der Waals surface area contributed by atoms with E-state index in [1.807, 2.05) is 0 Å². The third-order valence-corrected chi connectivity index (χ3v) is 16.2. The van der Waals surface area contributed by atoms with E-state index in [2.05, 4.69) is 115 Å². The molecule has 0 fully saturated rings. The van der Waals surface area contributed by atoms with Gasteiger partial charge in [0.25, 0.3) is 0 Å². The number of hydrogen-bond donors (Lipinski definition) is 0. The van der Waals surface area contributed by atoms with Crippen LogP contribution in [-0.4, -0.2) is 54.1 Å². The Kier molecular flexibility index (Phi) is 5.69. The van der Waals surface area contributed by atoms with Crippen LogP contribution in [0.15, 0.2) is 34.3 Å². The van der Waals surface area contributed by atoms with E-state index in [9.17, 15) is 0 Å². The van der Waals surface area contributed by atoms with Gasteiger partial charge in [-0.2, -0.15) is 0 Å². The predicted molar refractivity (Wildman–Crippen MR) is 116 cm³/mol. The molecule has 0 bridgehead atoms. The van der Waals surface area contributed by atoms with Crippen LogP contribution in [0.2, 0.25) is 0 Å². The molecule has 0 radical (unpaired) electrons. The summed E-state index contributed by atoms with van der Waals surface area (Å²) in [6.07, 6.45) is 9.25. The predicted octanol–water partition coefficient (Wildman–Crippen LogP) is 4.64. The van der Waals surface area contributed by atoms with Crippen molar-refractivity contribution in [1.82, 2.24) is 6.76 Å². The van der Waals surface area contributed by atoms with Gasteiger partial charge in [-0.05, 0) is 0 Å². The Morgan fingerprint density at radius 2 is 1.37 bits per heavy atom. The molecule has 0 aromatic carbocycles. The average molecular weight is 408 g/mol. The van der Waals surface area contributed by atoms with Gasteiger partial charge in [0.1, 0.15) is 0 Å². The standard InChI is InChI=1S/C12H20N.C6H8N.2C2H6N.Ti/c1-11(2,3)9-7-8-10(13-9)12(4,5)6;1-5-3-4-6(2)7-5;2*1-3-2;/h7-8H,1-6H3;3-4H,1-2H3;2*1-2H3;/q;;2*-1;+2. The van der Waals surface area contributed by atoms with E-state index < -0.39 is 17.1 Å². The Bertz CT molecular complexity index is 708. The Hall–Kier alpha value is -0.546. The molecule has 0 aliphatic carbocycles. The van der Waals surface area contributed by atoms with Crippen molar-refractivity contribution in [2.24, 2.45) is 20.8 Å². The molecule has 2 rings (SSSR count). The second-order valence-corrected chi connectivity index (χ2v) is 18.5. The zero-order chi connectivity index (χ0) is 21.1. The van der Waals surface area contributed by atoms with Gasteiger partial charge in [-0.15, -0.1) is 0 Å². The molecule has 0 amide bonds. The molecule has 2 aliphatic heterocycles. The molecule has 152 valence electrons. The van der Waals surface area contributed by atoms with E-state index in [0.717, 1.165) is 5.71 Å². The van der Waals surface area contributed by atoms with E-state index in [4.69, 9.17) is 9.98 Å². The molecule has 2 atom stereocenters. The van der Waals surface area contributed by atoms with Crippen LogP contribution < -0.4 is 0 Å². The van der Waals surface area contributed by atoms with Gasteiger partial charge in [0.15, 0.2) is 0 Å². The van der Waals surface area contributed by atoms with Crippen molar-refractivity contribution in [3.05, 3.63) is 24.3 Å². The summed E-state index contributed by atoms with van der Waals surface area (Å²) in [6, 6.07) is 0. The molecule has 2 unspecified atom stereocenters. The molecule has 5 heteroatoms. The maximum atomic E-state index is 5.59. The molecule has 2 heterocycles. The molecule has 0 spiro atoms. The van der Waals surface area contributed by atoms with E-state index in [1.54, 1.807) is 0 Å². The summed E-state index contributed by atoms with van der Waals surface area (Å²) >= 11 is -3.26. The zero-order valence-corrected chi connectivity index (χ0v) is 21.2. The quantitative estimate of drug-likeness (QED) is 0.635. The van der Waals surface area contributed by atoms with Crippen LogP contribution in [0.25, 0.3) is 0 Å². The van der Waals surface area contributed by atoms with Crippen molar-refractivity contribution < 1.29 is 17.1 Å². The van der Waals surface area contributed by atoms with Crippen molar-refractivity contribution in [3.8, 4) is 0 Å². The van der Waals surface area contributed by atoms with Gasteiger partial charge in [0, 0.05) is 0 Å². The number of allylic oxidation sites excluding steroid dienone is 2. The monoisotopic (exact) mass is 408 g/mol. The Morgan fingerprint density at radius 1 is 0.852 bits per heavy atom. The van der Waals surface area contributed by atoms with Crippen LogP contribution in [0.3, 0.4) is 0 Å². The van der Waals surface area contributed by atoms with Crippen molar-refractivity contribution in [2.75, 3.05) is 28.2 Å². The van der Waals surface area contributed by atoms with Crippen LogP contribution in [-0.2, 0) is 17.1 Å². The van der Waals surface area contributed by atoms with E-state index in [-0.39, 0.29) is 18.5 Å². The minimum absolute atomic E-state index is 0.0295. The summed E-state index contributed by atoms with van der Waals surface area (Å²) in [5.41, 5.74) is 2.31. The second-order valence-electron chi connectivity index (χ2n) is 10.8. The maximum absolute atomic E-state index is 5.59. The number of rotatable bonds is 4. The van der Waals surface area contributed by atoms with Crippen molar-refractivity contribution in [3.63, 3.8) is 0 Å². The van der Waals surface area contributed by atoms with Gasteiger partial charge in [-0.3, -0.25) is 0 Å². The van der Waals surface area contributed by atoms with E-state index in [1.165, 1.54) is 5.71 Å². The fourth-order valence-corrected chi connectivity index (χ4v) is 16.3. The fraction of sp³-hybridized carbons (Fsp3) is 0.727. The molecule has 0 saturated heterocycles. The van der Waals surface area contributed by atoms with Crippen LogP contribution in [0, 0.1) is 10.8 Å². The first kappa shape index (κ1) is 22.7. The number of aliphatic imine (C=N–C) groups is 2. The average Bonchev–Trinajstić information content (AvgIpc) is 3.03. The fourth-order valence-electron chi connectivity index (χ4n) is 5.31. The first-order valence-electron chi connectivity index (χ1n) is 9.95. The van der Waals surface area contributed by atoms with Crippen LogP contribution in [0.5, 0.6) is 0 Å². The van der Waals surface area contributed by atoms with Gasteiger partial charge in [0.05, 0.1) is 0 Å². The number of hydrogen-bond acceptors (Lipinski definition) is 4. The first-order valence-corrected chi connectivity index (χ1v) is 12.9. The molecule has 0 saturated carbocycles. The molecule has 27 heavy (non-hydrogen) atoms. The topological polar surface area (TPSA) is 31.2 Å². The molecular formula is C22H40N4Ti. The second kappa shape index (κ2) is 6.76. The zero-order valence-electron chi connectivity index (χ0n) is 19.6. The normalized spacial score (nSPS) is 29.1. The van der Waals surface area contributed by atoms with E-state index >= 15 is 0 Å². The van der Waals surface area contributed by atoms with Crippen molar-refractivity contribution in [1.29, 1.82) is 0 Å². The molecule has 0 aromatic rings. The van der Waals surface area contributed by atoms with Gasteiger partial charge in [-0.1, -0.05) is 0 Å². The first-order chi connectivity index (χ1) is 12.0. The van der Waals surface area contributed by atoms with Crippen LogP contribution in [0.1, 0.15) is 55.4 Å². The summed E-state index contributed by atoms with van der Waals surface area (Å²) in [6.45, 7) is 18.2. The Balaban J connectivity index is 2.95. The molecule has 2 aliphatic rings. The Morgan fingerprint density at radius 3 is 1.67 bits per heavy atom. The third-order valence-electron chi connectivity index (χ3n) is 6.28. The van der Waals surface area contributed by atoms with Crippen LogP contribution in [0.4, 0.5) is 0 Å². The van der Waals surface area contributed by atoms with Gasteiger partial charge in [0.2, 0.25) is 0 Å². The Labute approximate surface area is 171 Å². The summed E-state index contributed by atoms with van der Waals surface area (Å²) < 4.78 is 4.50. The molecular weight excluding hydrogens is 368 g/mol. The van der Waals surface area contributed by atoms with Crippen molar-refractivity contribution in [2.45, 2.75) is 63.1 Å². The van der Waals surface area contributed by atoms with Gasteiger partial charge >= 0.3 is 172 Å². The van der Waals surface area contributed by atoms with Gasteiger partial charge < -0.3 is 0 Å². The van der Waals surface area contributed by atoms with Gasteiger partial charge in [-0.25, -0.2) is 0 Å². The van der Waals surface area contributed by atoms with Crippen LogP contribution >= 0.6 is 0 Å². The minimum atomic E-state index is -3.26. The SMILES string of the molecule is CC1=N[C](C)([Ti]([N](C)C)([N](C)C)[C]2(C(C)(C)C)C=CC(C(C)(C)C)=N2)C=C1. The third kappa shape index (κ3) is 3.17. The summed E-state index contributed by atoms with van der Waals surface area (Å²) in [5.74, 6) is 0. The summed E-state index contributed by atoms with van der Waals surface area (Å²) in [4.78, 5) is 10.8. The molecule has 0 aromatic heterocycles. The summed E-state index contributed by atoms with van der Waals surface area (Å²) in [7, 11) is 8.98. The molecule has 4 nitrogen and oxygen atoms in total. The summed E-state index contributed by atoms with van der Waals surface area (Å²) in [5, 5.41) is 0. The number of nitrogens with zero attached hydrogens (tertiary/aromatic N) is 4.